The molecule has 1 aliphatic rings. The van der Waals surface area contributed by atoms with E-state index >= 15 is 0 Å². The molecule has 1 aliphatic heterocycles. The Morgan fingerprint density at radius 3 is 2.65 bits per heavy atom. The minimum atomic E-state index is 0.496. The number of benzene rings is 1. The molecule has 1 aromatic rings. The highest BCUT2D eigenvalue weighted by molar-refractivity contribution is 7.80. The Morgan fingerprint density at radius 1 is 1.41 bits per heavy atom. The molecule has 17 heavy (non-hydrogen) atoms. The first-order valence-corrected chi connectivity index (χ1v) is 6.57. The van der Waals surface area contributed by atoms with Gasteiger partial charge in [-0.05, 0) is 38.3 Å². The molecule has 0 amide bonds. The molecule has 0 bridgehead atoms. The van der Waals surface area contributed by atoms with Gasteiger partial charge in [0.05, 0.1) is 0 Å². The number of rotatable bonds is 2. The maximum absolute atomic E-state index is 5.84. The third kappa shape index (κ3) is 2.44. The first-order valence-electron chi connectivity index (χ1n) is 6.16. The fourth-order valence-electron chi connectivity index (χ4n) is 2.73. The molecule has 0 aliphatic carbocycles. The summed E-state index contributed by atoms with van der Waals surface area (Å²) in [7, 11) is 0. The minimum absolute atomic E-state index is 0.496. The SMILES string of the molecule is Cc1ccc(N2CC(C)CC2C)c(C(N)=S)c1. The van der Waals surface area contributed by atoms with Crippen molar-refractivity contribution in [1.82, 2.24) is 0 Å². The summed E-state index contributed by atoms with van der Waals surface area (Å²) in [6.45, 7) is 7.74. The van der Waals surface area contributed by atoms with Gasteiger partial charge in [-0.1, -0.05) is 30.8 Å². The summed E-state index contributed by atoms with van der Waals surface area (Å²) in [5.74, 6) is 0.741. The number of nitrogens with two attached hydrogens (primary N) is 1. The van der Waals surface area contributed by atoms with Crippen LogP contribution in [0.3, 0.4) is 0 Å². The van der Waals surface area contributed by atoms with Gasteiger partial charge in [-0.3, -0.25) is 0 Å². The van der Waals surface area contributed by atoms with E-state index in [9.17, 15) is 0 Å². The van der Waals surface area contributed by atoms with Crippen LogP contribution < -0.4 is 10.6 Å². The van der Waals surface area contributed by atoms with E-state index in [1.54, 1.807) is 0 Å². The zero-order chi connectivity index (χ0) is 12.6. The summed E-state index contributed by atoms with van der Waals surface area (Å²) in [6.07, 6.45) is 1.24. The first-order chi connectivity index (χ1) is 7.99. The van der Waals surface area contributed by atoms with Gasteiger partial charge in [-0.2, -0.15) is 0 Å². The van der Waals surface area contributed by atoms with Crippen molar-refractivity contribution in [1.29, 1.82) is 0 Å². The molecule has 3 heteroatoms. The van der Waals surface area contributed by atoms with Crippen LogP contribution in [-0.2, 0) is 0 Å². The second-order valence-corrected chi connectivity index (χ2v) is 5.67. The quantitative estimate of drug-likeness (QED) is 0.816. The van der Waals surface area contributed by atoms with Crippen LogP contribution in [0.1, 0.15) is 31.4 Å². The zero-order valence-corrected chi connectivity index (χ0v) is 11.6. The third-order valence-corrected chi connectivity index (χ3v) is 3.73. The van der Waals surface area contributed by atoms with Crippen molar-refractivity contribution >= 4 is 22.9 Å². The van der Waals surface area contributed by atoms with Gasteiger partial charge in [0.15, 0.2) is 0 Å². The van der Waals surface area contributed by atoms with Crippen LogP contribution in [0.2, 0.25) is 0 Å². The van der Waals surface area contributed by atoms with E-state index < -0.39 is 0 Å². The molecule has 2 rings (SSSR count). The van der Waals surface area contributed by atoms with Crippen molar-refractivity contribution in [3.05, 3.63) is 29.3 Å². The molecule has 2 atom stereocenters. The van der Waals surface area contributed by atoms with Gasteiger partial charge < -0.3 is 10.6 Å². The molecule has 1 heterocycles. The highest BCUT2D eigenvalue weighted by Gasteiger charge is 2.27. The zero-order valence-electron chi connectivity index (χ0n) is 10.7. The van der Waals surface area contributed by atoms with Crippen molar-refractivity contribution in [2.45, 2.75) is 33.2 Å². The predicted molar refractivity (Wildman–Crippen MR) is 77.7 cm³/mol. The highest BCUT2D eigenvalue weighted by Crippen LogP contribution is 2.31. The van der Waals surface area contributed by atoms with E-state index in [-0.39, 0.29) is 0 Å². The molecule has 0 radical (unpaired) electrons. The summed E-state index contributed by atoms with van der Waals surface area (Å²) in [4.78, 5) is 2.92. The van der Waals surface area contributed by atoms with Crippen molar-refractivity contribution in [3.8, 4) is 0 Å². The molecule has 0 spiro atoms. The first kappa shape index (κ1) is 12.4. The van der Waals surface area contributed by atoms with Gasteiger partial charge in [-0.15, -0.1) is 0 Å². The highest BCUT2D eigenvalue weighted by atomic mass is 32.1. The average molecular weight is 248 g/mol. The summed E-state index contributed by atoms with van der Waals surface area (Å²) in [5, 5.41) is 0. The molecule has 2 N–H and O–H groups in total. The summed E-state index contributed by atoms with van der Waals surface area (Å²) in [5.41, 5.74) is 9.25. The fourth-order valence-corrected chi connectivity index (χ4v) is 2.90. The number of anilines is 1. The third-order valence-electron chi connectivity index (χ3n) is 3.51. The number of aryl methyl sites for hydroxylation is 1. The van der Waals surface area contributed by atoms with Crippen LogP contribution in [0, 0.1) is 12.8 Å². The van der Waals surface area contributed by atoms with Crippen molar-refractivity contribution in [3.63, 3.8) is 0 Å². The number of nitrogens with zero attached hydrogens (tertiary/aromatic N) is 1. The number of hydrogen-bond acceptors (Lipinski definition) is 2. The smallest absolute Gasteiger partial charge is 0.106 e. The lowest BCUT2D eigenvalue weighted by molar-refractivity contribution is 0.625. The topological polar surface area (TPSA) is 29.3 Å². The van der Waals surface area contributed by atoms with Gasteiger partial charge in [0.2, 0.25) is 0 Å². The number of thiocarbonyl (C=S) groups is 1. The Kier molecular flexibility index (Phi) is 3.38. The van der Waals surface area contributed by atoms with Crippen LogP contribution in [0.5, 0.6) is 0 Å². The van der Waals surface area contributed by atoms with Gasteiger partial charge >= 0.3 is 0 Å². The Morgan fingerprint density at radius 2 is 2.12 bits per heavy atom. The second kappa shape index (κ2) is 4.65. The lowest BCUT2D eigenvalue weighted by atomic mass is 10.1. The normalized spacial score (nSPS) is 24.1. The Labute approximate surface area is 109 Å². The van der Waals surface area contributed by atoms with E-state index in [0.717, 1.165) is 18.0 Å². The Bertz CT molecular complexity index is 442. The Hall–Kier alpha value is -1.09. The van der Waals surface area contributed by atoms with Crippen molar-refractivity contribution in [2.75, 3.05) is 11.4 Å². The van der Waals surface area contributed by atoms with Crippen LogP contribution in [-0.4, -0.2) is 17.6 Å². The van der Waals surface area contributed by atoms with E-state index in [1.807, 2.05) is 0 Å². The van der Waals surface area contributed by atoms with Gasteiger partial charge in [-0.25, -0.2) is 0 Å². The van der Waals surface area contributed by atoms with E-state index in [4.69, 9.17) is 18.0 Å². The van der Waals surface area contributed by atoms with Crippen LogP contribution in [0.15, 0.2) is 18.2 Å². The van der Waals surface area contributed by atoms with Gasteiger partial charge in [0.25, 0.3) is 0 Å². The largest absolute Gasteiger partial charge is 0.389 e. The molecule has 1 fully saturated rings. The molecule has 0 aromatic heterocycles. The predicted octanol–water partition coefficient (Wildman–Crippen LogP) is 2.86. The standard InChI is InChI=1S/C14H20N2S/c1-9-4-5-13(12(7-9)14(15)17)16-8-10(2)6-11(16)3/h4-5,7,10-11H,6,8H2,1-3H3,(H2,15,17). The van der Waals surface area contributed by atoms with E-state index in [2.05, 4.69) is 43.9 Å². The molecular weight excluding hydrogens is 228 g/mol. The maximum Gasteiger partial charge on any atom is 0.106 e. The molecule has 1 aromatic carbocycles. The van der Waals surface area contributed by atoms with Crippen molar-refractivity contribution in [2.24, 2.45) is 11.7 Å². The monoisotopic (exact) mass is 248 g/mol. The van der Waals surface area contributed by atoms with E-state index in [1.165, 1.54) is 17.7 Å². The lowest BCUT2D eigenvalue weighted by Gasteiger charge is -2.26. The fraction of sp³-hybridized carbons (Fsp3) is 0.500. The Balaban J connectivity index is 2.41. The van der Waals surface area contributed by atoms with Crippen LogP contribution >= 0.6 is 12.2 Å². The van der Waals surface area contributed by atoms with Crippen molar-refractivity contribution < 1.29 is 0 Å². The molecule has 2 unspecified atom stereocenters. The summed E-state index contributed by atoms with van der Waals surface area (Å²) in [6, 6.07) is 6.94. The lowest BCUT2D eigenvalue weighted by Crippen LogP contribution is -2.29. The summed E-state index contributed by atoms with van der Waals surface area (Å²) < 4.78 is 0. The van der Waals surface area contributed by atoms with Crippen LogP contribution in [0.25, 0.3) is 0 Å². The molecule has 1 saturated heterocycles. The molecule has 92 valence electrons. The van der Waals surface area contributed by atoms with Gasteiger partial charge in [0.1, 0.15) is 4.99 Å². The number of hydrogen-bond donors (Lipinski definition) is 1. The molecule has 2 nitrogen and oxygen atoms in total. The minimum Gasteiger partial charge on any atom is -0.389 e. The molecule has 0 saturated carbocycles. The summed E-state index contributed by atoms with van der Waals surface area (Å²) >= 11 is 5.16. The van der Waals surface area contributed by atoms with Gasteiger partial charge in [0, 0.05) is 23.8 Å². The average Bonchev–Trinajstić information content (AvgIpc) is 2.57. The van der Waals surface area contributed by atoms with E-state index in [0.29, 0.717) is 11.0 Å². The second-order valence-electron chi connectivity index (χ2n) is 5.23. The molecular formula is C14H20N2S. The van der Waals surface area contributed by atoms with Crippen LogP contribution in [0.4, 0.5) is 5.69 Å². The maximum atomic E-state index is 5.84.